The van der Waals surface area contributed by atoms with Crippen molar-refractivity contribution in [2.24, 2.45) is 0 Å². The van der Waals surface area contributed by atoms with E-state index in [1.807, 2.05) is 31.2 Å². The molecule has 20 heavy (non-hydrogen) atoms. The zero-order valence-corrected chi connectivity index (χ0v) is 13.5. The number of hydrogen-bond acceptors (Lipinski definition) is 4. The monoisotopic (exact) mass is 342 g/mol. The van der Waals surface area contributed by atoms with Gasteiger partial charge in [0.05, 0.1) is 13.2 Å². The van der Waals surface area contributed by atoms with Crippen molar-refractivity contribution in [3.63, 3.8) is 0 Å². The van der Waals surface area contributed by atoms with Gasteiger partial charge < -0.3 is 9.47 Å². The summed E-state index contributed by atoms with van der Waals surface area (Å²) in [6, 6.07) is 7.44. The van der Waals surface area contributed by atoms with Gasteiger partial charge in [-0.1, -0.05) is 45.8 Å². The fraction of sp³-hybridized carbons (Fsp3) is 0.467. The molecule has 0 saturated heterocycles. The zero-order chi connectivity index (χ0) is 15.1. The molecule has 0 amide bonds. The Hall–Kier alpha value is -1.36. The van der Waals surface area contributed by atoms with Crippen molar-refractivity contribution < 1.29 is 19.1 Å². The SMILES string of the molecule is CCOC(=O)[C@H](Br)[C@@H](C(=O)OCC)c1ccc(C)cc1. The summed E-state index contributed by atoms with van der Waals surface area (Å²) in [7, 11) is 0. The van der Waals surface area contributed by atoms with Gasteiger partial charge in [-0.15, -0.1) is 0 Å². The number of hydrogen-bond donors (Lipinski definition) is 0. The Morgan fingerprint density at radius 3 is 2.05 bits per heavy atom. The average Bonchev–Trinajstić information content (AvgIpc) is 2.41. The van der Waals surface area contributed by atoms with Gasteiger partial charge in [-0.05, 0) is 26.3 Å². The van der Waals surface area contributed by atoms with Gasteiger partial charge in [-0.25, -0.2) is 0 Å². The Labute approximate surface area is 127 Å². The number of aryl methyl sites for hydroxylation is 1. The largest absolute Gasteiger partial charge is 0.465 e. The maximum absolute atomic E-state index is 12.1. The molecule has 0 aliphatic heterocycles. The molecule has 2 atom stereocenters. The first kappa shape index (κ1) is 16.7. The van der Waals surface area contributed by atoms with E-state index in [4.69, 9.17) is 9.47 Å². The molecule has 0 heterocycles. The summed E-state index contributed by atoms with van der Waals surface area (Å²) >= 11 is 3.26. The van der Waals surface area contributed by atoms with Crippen LogP contribution in [-0.4, -0.2) is 30.0 Å². The number of benzene rings is 1. The molecule has 110 valence electrons. The van der Waals surface area contributed by atoms with E-state index >= 15 is 0 Å². The van der Waals surface area contributed by atoms with Crippen LogP contribution in [0.2, 0.25) is 0 Å². The lowest BCUT2D eigenvalue weighted by Gasteiger charge is -2.20. The smallest absolute Gasteiger partial charge is 0.320 e. The van der Waals surface area contributed by atoms with Crippen LogP contribution >= 0.6 is 15.9 Å². The van der Waals surface area contributed by atoms with E-state index in [2.05, 4.69) is 15.9 Å². The standard InChI is InChI=1S/C15H19BrO4/c1-4-19-14(17)12(13(16)15(18)20-5-2)11-8-6-10(3)7-9-11/h6-9,12-13H,4-5H2,1-3H3/t12-,13+/m0/s1. The van der Waals surface area contributed by atoms with Gasteiger partial charge in [0.25, 0.3) is 0 Å². The molecule has 1 aromatic rings. The molecule has 0 aromatic heterocycles. The summed E-state index contributed by atoms with van der Waals surface area (Å²) in [6.45, 7) is 5.95. The Morgan fingerprint density at radius 1 is 1.05 bits per heavy atom. The van der Waals surface area contributed by atoms with Crippen LogP contribution in [0.3, 0.4) is 0 Å². The van der Waals surface area contributed by atoms with Crippen molar-refractivity contribution in [3.8, 4) is 0 Å². The van der Waals surface area contributed by atoms with Gasteiger partial charge in [0, 0.05) is 0 Å². The van der Waals surface area contributed by atoms with Crippen molar-refractivity contribution in [1.82, 2.24) is 0 Å². The summed E-state index contributed by atoms with van der Waals surface area (Å²) in [5.41, 5.74) is 1.81. The van der Waals surface area contributed by atoms with Gasteiger partial charge in [0.1, 0.15) is 10.7 Å². The lowest BCUT2D eigenvalue weighted by atomic mass is 9.95. The second-order valence-corrected chi connectivity index (χ2v) is 5.28. The lowest BCUT2D eigenvalue weighted by molar-refractivity contribution is -0.150. The second-order valence-electron chi connectivity index (χ2n) is 4.29. The summed E-state index contributed by atoms with van der Waals surface area (Å²) in [5.74, 6) is -1.62. The van der Waals surface area contributed by atoms with Crippen LogP contribution in [0.25, 0.3) is 0 Å². The van der Waals surface area contributed by atoms with Crippen LogP contribution in [0, 0.1) is 6.92 Å². The van der Waals surface area contributed by atoms with E-state index in [9.17, 15) is 9.59 Å². The van der Waals surface area contributed by atoms with E-state index in [0.29, 0.717) is 0 Å². The molecular formula is C15H19BrO4. The third kappa shape index (κ3) is 4.34. The molecule has 0 radical (unpaired) electrons. The highest BCUT2D eigenvalue weighted by atomic mass is 79.9. The fourth-order valence-corrected chi connectivity index (χ4v) is 2.44. The normalized spacial score (nSPS) is 13.4. The molecular weight excluding hydrogens is 324 g/mol. The van der Waals surface area contributed by atoms with Crippen molar-refractivity contribution in [3.05, 3.63) is 35.4 Å². The number of alkyl halides is 1. The van der Waals surface area contributed by atoms with E-state index in [-0.39, 0.29) is 13.2 Å². The zero-order valence-electron chi connectivity index (χ0n) is 11.9. The van der Waals surface area contributed by atoms with E-state index < -0.39 is 22.7 Å². The Kier molecular flexibility index (Phi) is 6.71. The second kappa shape index (κ2) is 8.04. The highest BCUT2D eigenvalue weighted by Crippen LogP contribution is 2.28. The first-order valence-corrected chi connectivity index (χ1v) is 7.46. The van der Waals surface area contributed by atoms with Crippen molar-refractivity contribution in [1.29, 1.82) is 0 Å². The first-order chi connectivity index (χ1) is 9.51. The summed E-state index contributed by atoms with van der Waals surface area (Å²) in [5, 5.41) is 0. The molecule has 1 rings (SSSR count). The third-order valence-electron chi connectivity index (χ3n) is 2.78. The molecule has 0 fully saturated rings. The molecule has 1 aromatic carbocycles. The van der Waals surface area contributed by atoms with Crippen molar-refractivity contribution >= 4 is 27.9 Å². The van der Waals surface area contributed by atoms with Crippen LogP contribution in [0.5, 0.6) is 0 Å². The molecule has 4 nitrogen and oxygen atoms in total. The highest BCUT2D eigenvalue weighted by molar-refractivity contribution is 9.10. The maximum atomic E-state index is 12.1. The maximum Gasteiger partial charge on any atom is 0.320 e. The molecule has 5 heteroatoms. The number of carbonyl (C=O) groups is 2. The van der Waals surface area contributed by atoms with Crippen LogP contribution in [0.4, 0.5) is 0 Å². The lowest BCUT2D eigenvalue weighted by Crippen LogP contribution is -2.31. The average molecular weight is 343 g/mol. The molecule has 0 unspecified atom stereocenters. The van der Waals surface area contributed by atoms with Crippen molar-refractivity contribution in [2.45, 2.75) is 31.5 Å². The van der Waals surface area contributed by atoms with Crippen LogP contribution in [0.1, 0.15) is 30.9 Å². The number of esters is 2. The Balaban J connectivity index is 3.04. The van der Waals surface area contributed by atoms with Crippen LogP contribution < -0.4 is 0 Å². The predicted octanol–water partition coefficient (Wildman–Crippen LogP) is 2.97. The third-order valence-corrected chi connectivity index (χ3v) is 3.68. The summed E-state index contributed by atoms with van der Waals surface area (Å²) < 4.78 is 10.0. The van der Waals surface area contributed by atoms with Gasteiger partial charge in [0.2, 0.25) is 0 Å². The number of carbonyl (C=O) groups excluding carboxylic acids is 2. The Bertz CT molecular complexity index is 455. The van der Waals surface area contributed by atoms with E-state index in [0.717, 1.165) is 11.1 Å². The van der Waals surface area contributed by atoms with E-state index in [1.165, 1.54) is 0 Å². The molecule has 0 aliphatic carbocycles. The Morgan fingerprint density at radius 2 is 1.55 bits per heavy atom. The number of halogens is 1. The number of ether oxygens (including phenoxy) is 2. The molecule has 0 bridgehead atoms. The van der Waals surface area contributed by atoms with Gasteiger partial charge in [0.15, 0.2) is 0 Å². The highest BCUT2D eigenvalue weighted by Gasteiger charge is 2.35. The van der Waals surface area contributed by atoms with Crippen LogP contribution in [-0.2, 0) is 19.1 Å². The number of rotatable bonds is 6. The molecule has 0 saturated carbocycles. The minimum absolute atomic E-state index is 0.268. The summed E-state index contributed by atoms with van der Waals surface area (Å²) in [6.07, 6.45) is 0. The predicted molar refractivity (Wildman–Crippen MR) is 79.9 cm³/mol. The van der Waals surface area contributed by atoms with Gasteiger partial charge >= 0.3 is 11.9 Å². The minimum Gasteiger partial charge on any atom is -0.465 e. The first-order valence-electron chi connectivity index (χ1n) is 6.55. The minimum atomic E-state index is -0.760. The van der Waals surface area contributed by atoms with Crippen molar-refractivity contribution in [2.75, 3.05) is 13.2 Å². The fourth-order valence-electron chi connectivity index (χ4n) is 1.79. The molecule has 0 aliphatic rings. The summed E-state index contributed by atoms with van der Waals surface area (Å²) in [4.78, 5) is 23.2. The van der Waals surface area contributed by atoms with Gasteiger partial charge in [-0.2, -0.15) is 0 Å². The molecule has 0 spiro atoms. The quantitative estimate of drug-likeness (QED) is 0.589. The topological polar surface area (TPSA) is 52.6 Å². The van der Waals surface area contributed by atoms with E-state index in [1.54, 1.807) is 13.8 Å². The van der Waals surface area contributed by atoms with Crippen LogP contribution in [0.15, 0.2) is 24.3 Å². The van der Waals surface area contributed by atoms with Gasteiger partial charge in [-0.3, -0.25) is 9.59 Å². The molecule has 0 N–H and O–H groups in total.